The van der Waals surface area contributed by atoms with Crippen LogP contribution in [0, 0.1) is 16.0 Å². The topological polar surface area (TPSA) is 98.2 Å². The van der Waals surface area contributed by atoms with Gasteiger partial charge in [0.15, 0.2) is 0 Å². The van der Waals surface area contributed by atoms with Crippen LogP contribution in [0.5, 0.6) is 0 Å². The van der Waals surface area contributed by atoms with Gasteiger partial charge in [-0.25, -0.2) is 9.97 Å². The number of nitrogen functional groups attached to an aromatic ring is 1. The van der Waals surface area contributed by atoms with Crippen LogP contribution < -0.4 is 10.6 Å². The molecule has 2 N–H and O–H groups in total. The Bertz CT molecular complexity index is 435. The van der Waals surface area contributed by atoms with Gasteiger partial charge in [0.2, 0.25) is 11.6 Å². The third-order valence-corrected chi connectivity index (χ3v) is 2.82. The molecule has 7 nitrogen and oxygen atoms in total. The highest BCUT2D eigenvalue weighted by Crippen LogP contribution is 2.30. The molecule has 1 rings (SSSR count). The van der Waals surface area contributed by atoms with Gasteiger partial charge < -0.3 is 10.6 Å². The van der Waals surface area contributed by atoms with E-state index < -0.39 is 4.92 Å². The van der Waals surface area contributed by atoms with Crippen molar-refractivity contribution in [3.05, 3.63) is 16.4 Å². The molecule has 0 radical (unpaired) electrons. The van der Waals surface area contributed by atoms with Gasteiger partial charge in [0.05, 0.1) is 4.92 Å². The van der Waals surface area contributed by atoms with Crippen LogP contribution in [0.25, 0.3) is 0 Å². The van der Waals surface area contributed by atoms with E-state index in [0.29, 0.717) is 5.92 Å². The maximum atomic E-state index is 11.0. The summed E-state index contributed by atoms with van der Waals surface area (Å²) in [6.45, 7) is 6.21. The molecule has 0 aliphatic carbocycles. The van der Waals surface area contributed by atoms with E-state index in [2.05, 4.69) is 23.8 Å². The first-order valence-corrected chi connectivity index (χ1v) is 5.82. The Balaban J connectivity index is 3.09. The Hall–Kier alpha value is -1.92. The lowest BCUT2D eigenvalue weighted by atomic mass is 10.0. The molecule has 0 fully saturated rings. The van der Waals surface area contributed by atoms with Crippen LogP contribution in [0.1, 0.15) is 27.2 Å². The largest absolute Gasteiger partial charge is 0.378 e. The SMILES string of the molecule is CC(C)CC(C)N(C)c1ncnc(N)c1[N+](=O)[O-]. The molecule has 1 aromatic heterocycles. The Kier molecular flexibility index (Phi) is 4.41. The lowest BCUT2D eigenvalue weighted by Gasteiger charge is -2.26. The van der Waals surface area contributed by atoms with Crippen LogP contribution in [-0.4, -0.2) is 28.0 Å². The molecule has 100 valence electrons. The van der Waals surface area contributed by atoms with Crippen LogP contribution in [0.3, 0.4) is 0 Å². The highest BCUT2D eigenvalue weighted by Gasteiger charge is 2.26. The number of nitro groups is 1. The molecule has 0 aromatic carbocycles. The standard InChI is InChI=1S/C11H19N5O2/c1-7(2)5-8(3)15(4)11-9(16(17)18)10(12)13-6-14-11/h6-8H,5H2,1-4H3,(H2,12,13,14). The van der Waals surface area contributed by atoms with E-state index in [1.54, 1.807) is 11.9 Å². The van der Waals surface area contributed by atoms with Crippen molar-refractivity contribution < 1.29 is 4.92 Å². The summed E-state index contributed by atoms with van der Waals surface area (Å²) in [7, 11) is 1.78. The number of nitrogens with zero attached hydrogens (tertiary/aromatic N) is 4. The van der Waals surface area contributed by atoms with Crippen molar-refractivity contribution in [2.45, 2.75) is 33.2 Å². The zero-order valence-corrected chi connectivity index (χ0v) is 11.1. The average Bonchev–Trinajstić information content (AvgIpc) is 2.26. The van der Waals surface area contributed by atoms with E-state index in [4.69, 9.17) is 5.73 Å². The predicted molar refractivity (Wildman–Crippen MR) is 70.4 cm³/mol. The zero-order valence-electron chi connectivity index (χ0n) is 11.1. The number of rotatable bonds is 5. The molecular formula is C11H19N5O2. The van der Waals surface area contributed by atoms with Gasteiger partial charge in [-0.1, -0.05) is 13.8 Å². The second-order valence-corrected chi connectivity index (χ2v) is 4.78. The van der Waals surface area contributed by atoms with Gasteiger partial charge in [-0.2, -0.15) is 0 Å². The van der Waals surface area contributed by atoms with Gasteiger partial charge in [-0.05, 0) is 19.3 Å². The number of hydrogen-bond donors (Lipinski definition) is 1. The molecule has 0 amide bonds. The first-order chi connectivity index (χ1) is 8.34. The normalized spacial score (nSPS) is 12.5. The Labute approximate surface area is 106 Å². The number of anilines is 2. The summed E-state index contributed by atoms with van der Waals surface area (Å²) in [5.41, 5.74) is 5.32. The minimum absolute atomic E-state index is 0.103. The Morgan fingerprint density at radius 3 is 2.56 bits per heavy atom. The molecule has 0 bridgehead atoms. The third kappa shape index (κ3) is 3.06. The van der Waals surface area contributed by atoms with Gasteiger partial charge in [0.25, 0.3) is 0 Å². The predicted octanol–water partition coefficient (Wildman–Crippen LogP) is 1.84. The lowest BCUT2D eigenvalue weighted by molar-refractivity contribution is -0.383. The van der Waals surface area contributed by atoms with Gasteiger partial charge in [-0.3, -0.25) is 10.1 Å². The van der Waals surface area contributed by atoms with E-state index in [1.807, 2.05) is 6.92 Å². The fourth-order valence-corrected chi connectivity index (χ4v) is 1.86. The number of nitrogens with two attached hydrogens (primary N) is 1. The van der Waals surface area contributed by atoms with Crippen molar-refractivity contribution in [2.24, 2.45) is 5.92 Å². The summed E-state index contributed by atoms with van der Waals surface area (Å²) < 4.78 is 0. The van der Waals surface area contributed by atoms with Crippen molar-refractivity contribution in [3.63, 3.8) is 0 Å². The Morgan fingerprint density at radius 2 is 2.06 bits per heavy atom. The summed E-state index contributed by atoms with van der Waals surface area (Å²) in [6.07, 6.45) is 2.16. The summed E-state index contributed by atoms with van der Waals surface area (Å²) in [5.74, 6) is 0.662. The third-order valence-electron chi connectivity index (χ3n) is 2.82. The summed E-state index contributed by atoms with van der Waals surface area (Å²) in [4.78, 5) is 19.9. The summed E-state index contributed by atoms with van der Waals surface area (Å²) in [5, 5.41) is 11.0. The highest BCUT2D eigenvalue weighted by atomic mass is 16.6. The second-order valence-electron chi connectivity index (χ2n) is 4.78. The molecule has 0 saturated carbocycles. The second kappa shape index (κ2) is 5.61. The van der Waals surface area contributed by atoms with Gasteiger partial charge >= 0.3 is 5.69 Å². The molecule has 7 heteroatoms. The first-order valence-electron chi connectivity index (χ1n) is 5.82. The molecule has 1 unspecified atom stereocenters. The Morgan fingerprint density at radius 1 is 1.44 bits per heavy atom. The molecule has 18 heavy (non-hydrogen) atoms. The number of aromatic nitrogens is 2. The van der Waals surface area contributed by atoms with Crippen molar-refractivity contribution in [1.29, 1.82) is 0 Å². The quantitative estimate of drug-likeness (QED) is 0.635. The molecule has 0 saturated heterocycles. The van der Waals surface area contributed by atoms with Crippen molar-refractivity contribution in [1.82, 2.24) is 9.97 Å². The lowest BCUT2D eigenvalue weighted by Crippen LogP contribution is -2.31. The van der Waals surface area contributed by atoms with Crippen molar-refractivity contribution in [2.75, 3.05) is 17.7 Å². The maximum Gasteiger partial charge on any atom is 0.353 e. The highest BCUT2D eigenvalue weighted by molar-refractivity contribution is 5.68. The molecule has 0 aliphatic heterocycles. The van der Waals surface area contributed by atoms with E-state index in [0.717, 1.165) is 6.42 Å². The van der Waals surface area contributed by atoms with Crippen LogP contribution in [0.2, 0.25) is 0 Å². The molecular weight excluding hydrogens is 234 g/mol. The molecule has 1 atom stereocenters. The maximum absolute atomic E-state index is 11.0. The summed E-state index contributed by atoms with van der Waals surface area (Å²) in [6, 6.07) is 0.137. The van der Waals surface area contributed by atoms with Crippen LogP contribution in [-0.2, 0) is 0 Å². The van der Waals surface area contributed by atoms with E-state index in [9.17, 15) is 10.1 Å². The van der Waals surface area contributed by atoms with Gasteiger partial charge in [0.1, 0.15) is 6.33 Å². The molecule has 1 heterocycles. The van der Waals surface area contributed by atoms with Crippen LogP contribution in [0.4, 0.5) is 17.3 Å². The van der Waals surface area contributed by atoms with Crippen molar-refractivity contribution >= 4 is 17.3 Å². The number of hydrogen-bond acceptors (Lipinski definition) is 6. The minimum atomic E-state index is -0.538. The van der Waals surface area contributed by atoms with Gasteiger partial charge in [-0.15, -0.1) is 0 Å². The van der Waals surface area contributed by atoms with Crippen LogP contribution >= 0.6 is 0 Å². The van der Waals surface area contributed by atoms with Gasteiger partial charge in [0, 0.05) is 13.1 Å². The average molecular weight is 253 g/mol. The minimum Gasteiger partial charge on any atom is -0.378 e. The van der Waals surface area contributed by atoms with E-state index >= 15 is 0 Å². The van der Waals surface area contributed by atoms with Crippen LogP contribution in [0.15, 0.2) is 6.33 Å². The van der Waals surface area contributed by atoms with E-state index in [-0.39, 0.29) is 23.4 Å². The smallest absolute Gasteiger partial charge is 0.353 e. The fourth-order valence-electron chi connectivity index (χ4n) is 1.86. The van der Waals surface area contributed by atoms with E-state index in [1.165, 1.54) is 6.33 Å². The molecule has 0 spiro atoms. The molecule has 0 aliphatic rings. The zero-order chi connectivity index (χ0) is 13.9. The monoisotopic (exact) mass is 253 g/mol. The fraction of sp³-hybridized carbons (Fsp3) is 0.636. The first kappa shape index (κ1) is 14.1. The molecule has 1 aromatic rings. The summed E-state index contributed by atoms with van der Waals surface area (Å²) >= 11 is 0. The van der Waals surface area contributed by atoms with Crippen molar-refractivity contribution in [3.8, 4) is 0 Å².